The quantitative estimate of drug-likeness (QED) is 0.497. The molecule has 0 bridgehead atoms. The van der Waals surface area contributed by atoms with Crippen LogP contribution in [0.15, 0.2) is 53.7 Å². The third kappa shape index (κ3) is 4.98. The number of hydrogen-bond donors (Lipinski definition) is 1. The maximum absolute atomic E-state index is 12.7. The molecule has 0 unspecified atom stereocenters. The Balaban J connectivity index is 1.58. The van der Waals surface area contributed by atoms with E-state index >= 15 is 0 Å². The molecule has 1 N–H and O–H groups in total. The van der Waals surface area contributed by atoms with Gasteiger partial charge in [-0.25, -0.2) is 0 Å². The minimum Gasteiger partial charge on any atom is -0.337 e. The van der Waals surface area contributed by atoms with E-state index in [1.165, 1.54) is 11.8 Å². The Kier molecular flexibility index (Phi) is 6.83. The number of aromatic nitrogens is 3. The van der Waals surface area contributed by atoms with Crippen LogP contribution in [0.1, 0.15) is 37.7 Å². The lowest BCUT2D eigenvalue weighted by Gasteiger charge is -2.31. The van der Waals surface area contributed by atoms with Crippen molar-refractivity contribution >= 4 is 29.3 Å². The molecule has 0 saturated heterocycles. The summed E-state index contributed by atoms with van der Waals surface area (Å²) in [6.45, 7) is 2.03. The lowest BCUT2D eigenvalue weighted by molar-refractivity contribution is -0.120. The van der Waals surface area contributed by atoms with Crippen LogP contribution >= 0.6 is 23.4 Å². The summed E-state index contributed by atoms with van der Waals surface area (Å²) in [4.78, 5) is 12.7. The Hall–Kier alpha value is -2.82. The SMILES string of the molecule is Cc1ccc(-n2c(SCC(=O)NC3(C#N)CCCCC3)nnc2-c2ccc(Cl)cc2)cc1. The molecule has 6 nitrogen and oxygen atoms in total. The molecule has 4 rings (SSSR count). The maximum Gasteiger partial charge on any atom is 0.231 e. The fourth-order valence-electron chi connectivity index (χ4n) is 3.93. The van der Waals surface area contributed by atoms with Crippen molar-refractivity contribution in [1.29, 1.82) is 5.26 Å². The van der Waals surface area contributed by atoms with Crippen LogP contribution in [-0.4, -0.2) is 32.0 Å². The number of hydrogen-bond acceptors (Lipinski definition) is 5. The number of halogens is 1. The zero-order valence-corrected chi connectivity index (χ0v) is 19.4. The number of nitrogens with one attached hydrogen (secondary N) is 1. The molecular formula is C24H24ClN5OS. The van der Waals surface area contributed by atoms with Gasteiger partial charge >= 0.3 is 0 Å². The van der Waals surface area contributed by atoms with Crippen LogP contribution in [-0.2, 0) is 4.79 Å². The van der Waals surface area contributed by atoms with E-state index in [9.17, 15) is 10.1 Å². The summed E-state index contributed by atoms with van der Waals surface area (Å²) in [5.74, 6) is 0.674. The summed E-state index contributed by atoms with van der Waals surface area (Å²) in [6, 6.07) is 17.8. The molecule has 3 aromatic rings. The van der Waals surface area contributed by atoms with Crippen LogP contribution in [0.3, 0.4) is 0 Å². The largest absolute Gasteiger partial charge is 0.337 e. The third-order valence-corrected chi connectivity index (χ3v) is 6.84. The fraction of sp³-hybridized carbons (Fsp3) is 0.333. The predicted octanol–water partition coefficient (Wildman–Crippen LogP) is 5.33. The fourth-order valence-corrected chi connectivity index (χ4v) is 4.81. The second-order valence-electron chi connectivity index (χ2n) is 8.08. The first-order valence-electron chi connectivity index (χ1n) is 10.6. The number of aryl methyl sites for hydroxylation is 1. The zero-order valence-electron chi connectivity index (χ0n) is 17.8. The highest BCUT2D eigenvalue weighted by Crippen LogP contribution is 2.30. The summed E-state index contributed by atoms with van der Waals surface area (Å²) < 4.78 is 1.95. The molecule has 2 aromatic carbocycles. The van der Waals surface area contributed by atoms with Gasteiger partial charge in [0, 0.05) is 16.3 Å². The van der Waals surface area contributed by atoms with Crippen LogP contribution in [0.5, 0.6) is 0 Å². The maximum atomic E-state index is 12.7. The minimum atomic E-state index is -0.741. The Labute approximate surface area is 197 Å². The minimum absolute atomic E-state index is 0.161. The van der Waals surface area contributed by atoms with E-state index in [0.29, 0.717) is 28.8 Å². The predicted molar refractivity (Wildman–Crippen MR) is 127 cm³/mol. The number of amides is 1. The molecule has 1 fully saturated rings. The van der Waals surface area contributed by atoms with Gasteiger partial charge in [0.15, 0.2) is 11.0 Å². The normalized spacial score (nSPS) is 15.2. The molecule has 32 heavy (non-hydrogen) atoms. The van der Waals surface area contributed by atoms with E-state index in [1.807, 2.05) is 60.0 Å². The molecule has 1 saturated carbocycles. The van der Waals surface area contributed by atoms with Crippen molar-refractivity contribution in [3.05, 3.63) is 59.1 Å². The van der Waals surface area contributed by atoms with Gasteiger partial charge in [0.1, 0.15) is 5.54 Å². The number of carbonyl (C=O) groups is 1. The number of nitriles is 1. The van der Waals surface area contributed by atoms with Crippen molar-refractivity contribution in [1.82, 2.24) is 20.1 Å². The van der Waals surface area contributed by atoms with E-state index in [-0.39, 0.29) is 11.7 Å². The summed E-state index contributed by atoms with van der Waals surface area (Å²) in [5, 5.41) is 22.6. The molecule has 8 heteroatoms. The molecule has 0 spiro atoms. The van der Waals surface area contributed by atoms with E-state index in [1.54, 1.807) is 0 Å². The number of nitrogens with zero attached hydrogens (tertiary/aromatic N) is 4. The highest BCUT2D eigenvalue weighted by Gasteiger charge is 2.33. The van der Waals surface area contributed by atoms with Crippen molar-refractivity contribution in [3.8, 4) is 23.1 Å². The van der Waals surface area contributed by atoms with Gasteiger partial charge in [0.25, 0.3) is 0 Å². The first-order chi connectivity index (χ1) is 15.5. The highest BCUT2D eigenvalue weighted by atomic mass is 35.5. The Morgan fingerprint density at radius 1 is 1.12 bits per heavy atom. The van der Waals surface area contributed by atoms with Gasteiger partial charge in [0.05, 0.1) is 11.8 Å². The lowest BCUT2D eigenvalue weighted by Crippen LogP contribution is -2.49. The van der Waals surface area contributed by atoms with Crippen LogP contribution in [0, 0.1) is 18.3 Å². The van der Waals surface area contributed by atoms with E-state index in [4.69, 9.17) is 11.6 Å². The molecule has 1 heterocycles. The Morgan fingerprint density at radius 3 is 2.47 bits per heavy atom. The van der Waals surface area contributed by atoms with Crippen LogP contribution in [0.2, 0.25) is 5.02 Å². The smallest absolute Gasteiger partial charge is 0.231 e. The highest BCUT2D eigenvalue weighted by molar-refractivity contribution is 7.99. The van der Waals surface area contributed by atoms with Gasteiger partial charge in [-0.05, 0) is 56.2 Å². The van der Waals surface area contributed by atoms with Crippen molar-refractivity contribution in [2.24, 2.45) is 0 Å². The van der Waals surface area contributed by atoms with Crippen molar-refractivity contribution in [3.63, 3.8) is 0 Å². The molecule has 1 aliphatic rings. The number of thioether (sulfide) groups is 1. The average Bonchev–Trinajstić information content (AvgIpc) is 3.23. The van der Waals surface area contributed by atoms with E-state index < -0.39 is 5.54 Å². The second kappa shape index (κ2) is 9.76. The summed E-state index contributed by atoms with van der Waals surface area (Å²) in [6.07, 6.45) is 4.46. The van der Waals surface area contributed by atoms with Crippen LogP contribution < -0.4 is 5.32 Å². The Bertz CT molecular complexity index is 1130. The summed E-state index contributed by atoms with van der Waals surface area (Å²) >= 11 is 7.36. The van der Waals surface area contributed by atoms with E-state index in [0.717, 1.165) is 36.1 Å². The van der Waals surface area contributed by atoms with Gasteiger partial charge in [-0.1, -0.05) is 60.3 Å². The van der Waals surface area contributed by atoms with Gasteiger partial charge < -0.3 is 5.32 Å². The van der Waals surface area contributed by atoms with Gasteiger partial charge in [0.2, 0.25) is 5.91 Å². The molecule has 1 aliphatic carbocycles. The van der Waals surface area contributed by atoms with Gasteiger partial charge in [-0.3, -0.25) is 9.36 Å². The first kappa shape index (κ1) is 22.4. The van der Waals surface area contributed by atoms with Crippen molar-refractivity contribution < 1.29 is 4.79 Å². The van der Waals surface area contributed by atoms with E-state index in [2.05, 4.69) is 21.6 Å². The standard InChI is InChI=1S/C24H24ClN5OS/c1-17-5-11-20(12-6-17)30-22(18-7-9-19(25)10-8-18)28-29-23(30)32-15-21(31)27-24(16-26)13-3-2-4-14-24/h5-12H,2-4,13-15H2,1H3,(H,27,31). The first-order valence-corrected chi connectivity index (χ1v) is 12.0. The second-order valence-corrected chi connectivity index (χ2v) is 9.45. The summed E-state index contributed by atoms with van der Waals surface area (Å²) in [7, 11) is 0. The molecule has 0 radical (unpaired) electrons. The van der Waals surface area contributed by atoms with Gasteiger partial charge in [-0.2, -0.15) is 5.26 Å². The average molecular weight is 466 g/mol. The number of rotatable bonds is 6. The molecular weight excluding hydrogens is 442 g/mol. The van der Waals surface area contributed by atoms with Crippen molar-refractivity contribution in [2.75, 3.05) is 5.75 Å². The molecule has 0 aliphatic heterocycles. The topological polar surface area (TPSA) is 83.6 Å². The van der Waals surface area contributed by atoms with Crippen LogP contribution in [0.4, 0.5) is 0 Å². The number of benzene rings is 2. The summed E-state index contributed by atoms with van der Waals surface area (Å²) in [5.41, 5.74) is 2.20. The van der Waals surface area contributed by atoms with Crippen LogP contribution in [0.25, 0.3) is 17.1 Å². The monoisotopic (exact) mass is 465 g/mol. The van der Waals surface area contributed by atoms with Gasteiger partial charge in [-0.15, -0.1) is 10.2 Å². The molecule has 1 amide bonds. The lowest BCUT2D eigenvalue weighted by atomic mass is 9.83. The third-order valence-electron chi connectivity index (χ3n) is 5.66. The molecule has 0 atom stereocenters. The number of carbonyl (C=O) groups excluding carboxylic acids is 1. The molecule has 1 aromatic heterocycles. The molecule has 164 valence electrons. The Morgan fingerprint density at radius 2 is 1.81 bits per heavy atom. The van der Waals surface area contributed by atoms with Crippen molar-refractivity contribution in [2.45, 2.75) is 49.7 Å². The zero-order chi connectivity index (χ0) is 22.6.